The van der Waals surface area contributed by atoms with Crippen LogP contribution in [0.25, 0.3) is 5.82 Å². The summed E-state index contributed by atoms with van der Waals surface area (Å²) in [5, 5.41) is 7.93. The van der Waals surface area contributed by atoms with Gasteiger partial charge in [0, 0.05) is 24.6 Å². The minimum absolute atomic E-state index is 0.442. The van der Waals surface area contributed by atoms with E-state index < -0.39 is 0 Å². The van der Waals surface area contributed by atoms with Crippen LogP contribution in [0.3, 0.4) is 0 Å². The van der Waals surface area contributed by atoms with Gasteiger partial charge in [-0.3, -0.25) is 0 Å². The number of aromatic nitrogens is 3. The fourth-order valence-electron chi connectivity index (χ4n) is 2.98. The van der Waals surface area contributed by atoms with Crippen LogP contribution in [0.2, 0.25) is 0 Å². The molecule has 2 aromatic heterocycles. The second-order valence-electron chi connectivity index (χ2n) is 5.90. The number of nitrogens with one attached hydrogen (secondary N) is 1. The zero-order chi connectivity index (χ0) is 14.7. The molecule has 1 unspecified atom stereocenters. The van der Waals surface area contributed by atoms with E-state index in [0.29, 0.717) is 12.0 Å². The van der Waals surface area contributed by atoms with E-state index in [9.17, 15) is 0 Å². The van der Waals surface area contributed by atoms with Crippen molar-refractivity contribution in [3.63, 3.8) is 0 Å². The van der Waals surface area contributed by atoms with Crippen molar-refractivity contribution in [2.75, 3.05) is 25.5 Å². The topological polar surface area (TPSA) is 46.0 Å². The van der Waals surface area contributed by atoms with Gasteiger partial charge >= 0.3 is 0 Å². The minimum atomic E-state index is 0.442. The third-order valence-corrected chi connectivity index (χ3v) is 4.36. The Bertz CT molecular complexity index is 558. The van der Waals surface area contributed by atoms with Gasteiger partial charge in [-0.25, -0.2) is 9.67 Å². The molecule has 5 heteroatoms. The number of nitrogens with zero attached hydrogens (tertiary/aromatic N) is 4. The third kappa shape index (κ3) is 3.24. The monoisotopic (exact) mass is 285 g/mol. The predicted octanol–water partition coefficient (Wildman–Crippen LogP) is 2.41. The van der Waals surface area contributed by atoms with E-state index in [1.807, 2.05) is 29.2 Å². The van der Waals surface area contributed by atoms with Crippen LogP contribution < -0.4 is 5.32 Å². The molecule has 1 fully saturated rings. The van der Waals surface area contributed by atoms with Gasteiger partial charge in [-0.1, -0.05) is 0 Å². The second kappa shape index (κ2) is 6.26. The average Bonchev–Trinajstić information content (AvgIpc) is 3.02. The summed E-state index contributed by atoms with van der Waals surface area (Å²) >= 11 is 0. The van der Waals surface area contributed by atoms with Crippen molar-refractivity contribution in [1.29, 1.82) is 0 Å². The summed E-state index contributed by atoms with van der Waals surface area (Å²) in [6.45, 7) is 4.65. The minimum Gasteiger partial charge on any atom is -0.379 e. The zero-order valence-corrected chi connectivity index (χ0v) is 12.7. The van der Waals surface area contributed by atoms with Gasteiger partial charge < -0.3 is 10.2 Å². The van der Waals surface area contributed by atoms with Crippen molar-refractivity contribution in [3.05, 3.63) is 36.8 Å². The number of rotatable bonds is 4. The maximum Gasteiger partial charge on any atom is 0.176 e. The van der Waals surface area contributed by atoms with Crippen LogP contribution in [0.5, 0.6) is 0 Å². The lowest BCUT2D eigenvalue weighted by atomic mass is 9.90. The molecule has 21 heavy (non-hydrogen) atoms. The largest absolute Gasteiger partial charge is 0.379 e. The highest BCUT2D eigenvalue weighted by molar-refractivity contribution is 5.56. The molecular weight excluding hydrogens is 262 g/mol. The number of pyridine rings is 1. The molecule has 0 aromatic carbocycles. The number of piperidine rings is 1. The van der Waals surface area contributed by atoms with Crippen molar-refractivity contribution in [1.82, 2.24) is 19.7 Å². The molecule has 112 valence electrons. The highest BCUT2D eigenvalue weighted by atomic mass is 15.3. The fraction of sp³-hybridized carbons (Fsp3) is 0.500. The SMILES string of the molecule is CC(Nc1cccnc1-n1cccn1)C1CCN(C)CC1. The van der Waals surface area contributed by atoms with Gasteiger partial charge in [0.15, 0.2) is 5.82 Å². The van der Waals surface area contributed by atoms with E-state index in [4.69, 9.17) is 0 Å². The molecule has 1 saturated heterocycles. The number of hydrogen-bond acceptors (Lipinski definition) is 4. The van der Waals surface area contributed by atoms with Gasteiger partial charge in [0.25, 0.3) is 0 Å². The second-order valence-corrected chi connectivity index (χ2v) is 5.90. The first-order chi connectivity index (χ1) is 10.2. The summed E-state index contributed by atoms with van der Waals surface area (Å²) in [4.78, 5) is 6.87. The lowest BCUT2D eigenvalue weighted by Gasteiger charge is -2.33. The first-order valence-electron chi connectivity index (χ1n) is 7.64. The third-order valence-electron chi connectivity index (χ3n) is 4.36. The number of anilines is 1. The van der Waals surface area contributed by atoms with E-state index in [-0.39, 0.29) is 0 Å². The molecule has 2 aromatic rings. The summed E-state index contributed by atoms with van der Waals surface area (Å²) in [5.74, 6) is 1.58. The van der Waals surface area contributed by atoms with Crippen LogP contribution in [0.1, 0.15) is 19.8 Å². The van der Waals surface area contributed by atoms with Gasteiger partial charge in [-0.2, -0.15) is 5.10 Å². The summed E-state index contributed by atoms with van der Waals surface area (Å²) < 4.78 is 1.81. The van der Waals surface area contributed by atoms with Crippen molar-refractivity contribution in [3.8, 4) is 5.82 Å². The Morgan fingerprint density at radius 3 is 2.76 bits per heavy atom. The van der Waals surface area contributed by atoms with Crippen LogP contribution in [-0.2, 0) is 0 Å². The van der Waals surface area contributed by atoms with E-state index >= 15 is 0 Å². The van der Waals surface area contributed by atoms with Gasteiger partial charge in [0.2, 0.25) is 0 Å². The lowest BCUT2D eigenvalue weighted by Crippen LogP contribution is -2.37. The van der Waals surface area contributed by atoms with Crippen LogP contribution in [-0.4, -0.2) is 45.8 Å². The Labute approximate surface area is 126 Å². The summed E-state index contributed by atoms with van der Waals surface area (Å²) in [6.07, 6.45) is 8.01. The highest BCUT2D eigenvalue weighted by Crippen LogP contribution is 2.24. The van der Waals surface area contributed by atoms with Crippen molar-refractivity contribution < 1.29 is 0 Å². The molecule has 0 radical (unpaired) electrons. The maximum atomic E-state index is 4.46. The fourth-order valence-corrected chi connectivity index (χ4v) is 2.98. The first-order valence-corrected chi connectivity index (χ1v) is 7.64. The molecule has 0 bridgehead atoms. The Morgan fingerprint density at radius 1 is 1.24 bits per heavy atom. The van der Waals surface area contributed by atoms with Crippen LogP contribution in [0.4, 0.5) is 5.69 Å². The van der Waals surface area contributed by atoms with Gasteiger partial charge in [0.05, 0.1) is 5.69 Å². The average molecular weight is 285 g/mol. The smallest absolute Gasteiger partial charge is 0.176 e. The molecule has 1 aliphatic rings. The quantitative estimate of drug-likeness (QED) is 0.937. The molecule has 0 spiro atoms. The first kappa shape index (κ1) is 14.1. The number of hydrogen-bond donors (Lipinski definition) is 1. The summed E-state index contributed by atoms with van der Waals surface area (Å²) in [5.41, 5.74) is 1.05. The van der Waals surface area contributed by atoms with Gasteiger partial charge in [-0.15, -0.1) is 0 Å². The highest BCUT2D eigenvalue weighted by Gasteiger charge is 2.23. The number of likely N-dealkylation sites (tertiary alicyclic amines) is 1. The molecule has 1 aliphatic heterocycles. The van der Waals surface area contributed by atoms with Crippen molar-refractivity contribution >= 4 is 5.69 Å². The van der Waals surface area contributed by atoms with E-state index in [0.717, 1.165) is 11.5 Å². The van der Waals surface area contributed by atoms with Crippen LogP contribution in [0, 0.1) is 5.92 Å². The molecule has 0 saturated carbocycles. The zero-order valence-electron chi connectivity index (χ0n) is 12.7. The molecule has 5 nitrogen and oxygen atoms in total. The van der Waals surface area contributed by atoms with Crippen LogP contribution in [0.15, 0.2) is 36.8 Å². The Morgan fingerprint density at radius 2 is 2.05 bits per heavy atom. The van der Waals surface area contributed by atoms with E-state index in [1.165, 1.54) is 25.9 Å². The molecule has 3 heterocycles. The lowest BCUT2D eigenvalue weighted by molar-refractivity contribution is 0.208. The van der Waals surface area contributed by atoms with Crippen molar-refractivity contribution in [2.24, 2.45) is 5.92 Å². The Hall–Kier alpha value is -1.88. The molecule has 1 N–H and O–H groups in total. The van der Waals surface area contributed by atoms with E-state index in [2.05, 4.69) is 40.3 Å². The Kier molecular flexibility index (Phi) is 4.20. The Balaban J connectivity index is 1.73. The summed E-state index contributed by atoms with van der Waals surface area (Å²) in [6, 6.07) is 6.41. The van der Waals surface area contributed by atoms with Crippen molar-refractivity contribution in [2.45, 2.75) is 25.8 Å². The maximum absolute atomic E-state index is 4.46. The molecule has 3 rings (SSSR count). The summed E-state index contributed by atoms with van der Waals surface area (Å²) in [7, 11) is 2.20. The van der Waals surface area contributed by atoms with Gasteiger partial charge in [-0.05, 0) is 64.0 Å². The van der Waals surface area contributed by atoms with E-state index in [1.54, 1.807) is 6.20 Å². The molecular formula is C16H23N5. The van der Waals surface area contributed by atoms with Gasteiger partial charge in [0.1, 0.15) is 0 Å². The molecule has 1 atom stereocenters. The van der Waals surface area contributed by atoms with Crippen LogP contribution >= 0.6 is 0 Å². The normalized spacial score (nSPS) is 18.6. The predicted molar refractivity (Wildman–Crippen MR) is 84.7 cm³/mol. The standard InChI is InChI=1S/C16H23N5/c1-13(14-6-11-20(2)12-7-14)19-15-5-3-8-17-16(15)21-10-4-9-18-21/h3-5,8-10,13-14,19H,6-7,11-12H2,1-2H3. The molecule has 0 amide bonds. The molecule has 0 aliphatic carbocycles.